The van der Waals surface area contributed by atoms with Crippen molar-refractivity contribution >= 4 is 5.97 Å². The normalized spacial score (nSPS) is 25.1. The smallest absolute Gasteiger partial charge is 0.310 e. The first-order chi connectivity index (χ1) is 16.6. The van der Waals surface area contributed by atoms with Gasteiger partial charge in [-0.25, -0.2) is 0 Å². The van der Waals surface area contributed by atoms with Gasteiger partial charge in [0.1, 0.15) is 0 Å². The summed E-state index contributed by atoms with van der Waals surface area (Å²) in [4.78, 5) is 14.1. The first-order valence-corrected chi connectivity index (χ1v) is 13.4. The molecular formula is C30H40N2O2. The standard InChI is InChI=1S/C30H40N2O2/c33-28(34)30(15-16-30)23-32-19-17-29(18-20-32,14-8-7-11-24-9-3-1-4-10-24)22-31-27-21-26(27)25-12-5-2-6-13-25/h1-6,9-10,12-13,26-27,31H,7-8,11,14-23H2,(H,33,34)/t26?,27-/m1/s1. The molecule has 1 heterocycles. The van der Waals surface area contributed by atoms with Crippen LogP contribution in [0.3, 0.4) is 0 Å². The van der Waals surface area contributed by atoms with E-state index in [4.69, 9.17) is 0 Å². The molecule has 0 radical (unpaired) electrons. The molecule has 4 heteroatoms. The number of carbonyl (C=O) groups is 1. The number of nitrogens with one attached hydrogen (secondary N) is 1. The van der Waals surface area contributed by atoms with Crippen molar-refractivity contribution in [1.29, 1.82) is 0 Å². The summed E-state index contributed by atoms with van der Waals surface area (Å²) in [6.45, 7) is 3.94. The van der Waals surface area contributed by atoms with Gasteiger partial charge in [0.2, 0.25) is 0 Å². The molecule has 2 aliphatic carbocycles. The average molecular weight is 461 g/mol. The van der Waals surface area contributed by atoms with Gasteiger partial charge >= 0.3 is 5.97 Å². The number of aryl methyl sites for hydroxylation is 1. The number of nitrogens with zero attached hydrogens (tertiary/aromatic N) is 1. The van der Waals surface area contributed by atoms with Crippen molar-refractivity contribution in [3.05, 3.63) is 71.8 Å². The topological polar surface area (TPSA) is 52.6 Å². The summed E-state index contributed by atoms with van der Waals surface area (Å²) in [6, 6.07) is 22.4. The fourth-order valence-corrected chi connectivity index (χ4v) is 6.03. The Morgan fingerprint density at radius 1 is 0.941 bits per heavy atom. The van der Waals surface area contributed by atoms with Gasteiger partial charge in [-0.05, 0) is 81.0 Å². The van der Waals surface area contributed by atoms with E-state index in [1.807, 2.05) is 0 Å². The molecule has 182 valence electrons. The van der Waals surface area contributed by atoms with Crippen LogP contribution in [0.2, 0.25) is 0 Å². The Morgan fingerprint density at radius 2 is 1.62 bits per heavy atom. The Kier molecular flexibility index (Phi) is 7.08. The number of rotatable bonds is 12. The van der Waals surface area contributed by atoms with E-state index in [9.17, 15) is 9.90 Å². The molecule has 2 N–H and O–H groups in total. The van der Waals surface area contributed by atoms with E-state index in [2.05, 4.69) is 70.9 Å². The van der Waals surface area contributed by atoms with Crippen molar-refractivity contribution in [1.82, 2.24) is 10.2 Å². The molecule has 1 unspecified atom stereocenters. The fourth-order valence-electron chi connectivity index (χ4n) is 6.03. The number of likely N-dealkylation sites (tertiary alicyclic amines) is 1. The number of benzene rings is 2. The Bertz CT molecular complexity index is 933. The molecule has 0 aromatic heterocycles. The van der Waals surface area contributed by atoms with E-state index in [1.54, 1.807) is 0 Å². The Balaban J connectivity index is 1.15. The fraction of sp³-hybridized carbons (Fsp3) is 0.567. The summed E-state index contributed by atoms with van der Waals surface area (Å²) in [5, 5.41) is 13.6. The molecule has 4 nitrogen and oxygen atoms in total. The highest BCUT2D eigenvalue weighted by molar-refractivity contribution is 5.78. The third-order valence-electron chi connectivity index (χ3n) is 8.77. The Morgan fingerprint density at radius 3 is 2.26 bits per heavy atom. The van der Waals surface area contributed by atoms with Crippen LogP contribution in [-0.2, 0) is 11.2 Å². The average Bonchev–Trinajstić information content (AvgIpc) is 3.79. The monoisotopic (exact) mass is 460 g/mol. The van der Waals surface area contributed by atoms with Crippen LogP contribution in [0.1, 0.15) is 68.4 Å². The van der Waals surface area contributed by atoms with Gasteiger partial charge in [-0.3, -0.25) is 4.79 Å². The van der Waals surface area contributed by atoms with Gasteiger partial charge in [0, 0.05) is 25.0 Å². The maximum Gasteiger partial charge on any atom is 0.310 e. The van der Waals surface area contributed by atoms with E-state index < -0.39 is 11.4 Å². The zero-order valence-corrected chi connectivity index (χ0v) is 20.4. The Labute approximate surface area is 204 Å². The molecule has 3 fully saturated rings. The molecule has 3 aliphatic rings. The van der Waals surface area contributed by atoms with Crippen LogP contribution in [0.15, 0.2) is 60.7 Å². The highest BCUT2D eigenvalue weighted by Crippen LogP contribution is 2.48. The van der Waals surface area contributed by atoms with Gasteiger partial charge in [0.15, 0.2) is 0 Å². The quantitative estimate of drug-likeness (QED) is 0.411. The summed E-state index contributed by atoms with van der Waals surface area (Å²) in [5.74, 6) is 0.0781. The van der Waals surface area contributed by atoms with E-state index >= 15 is 0 Å². The van der Waals surface area contributed by atoms with Crippen LogP contribution in [0.25, 0.3) is 0 Å². The molecule has 2 saturated carbocycles. The number of hydrogen-bond acceptors (Lipinski definition) is 3. The van der Waals surface area contributed by atoms with Crippen molar-refractivity contribution in [3.63, 3.8) is 0 Å². The second-order valence-electron chi connectivity index (χ2n) is 11.3. The Hall–Kier alpha value is -2.17. The minimum absolute atomic E-state index is 0.344. The number of carboxylic acid groups (broad SMARTS) is 1. The second kappa shape index (κ2) is 10.2. The van der Waals surface area contributed by atoms with E-state index in [0.29, 0.717) is 17.4 Å². The van der Waals surface area contributed by atoms with Gasteiger partial charge in [0.05, 0.1) is 5.41 Å². The van der Waals surface area contributed by atoms with Crippen LogP contribution in [-0.4, -0.2) is 48.2 Å². The lowest BCUT2D eigenvalue weighted by molar-refractivity contribution is -0.144. The van der Waals surface area contributed by atoms with Crippen LogP contribution < -0.4 is 5.32 Å². The van der Waals surface area contributed by atoms with E-state index in [-0.39, 0.29) is 0 Å². The largest absolute Gasteiger partial charge is 0.481 e. The maximum absolute atomic E-state index is 11.7. The zero-order valence-electron chi connectivity index (χ0n) is 20.4. The van der Waals surface area contributed by atoms with Crippen LogP contribution in [0, 0.1) is 10.8 Å². The first kappa shape index (κ1) is 23.6. The van der Waals surface area contributed by atoms with Gasteiger partial charge in [-0.1, -0.05) is 67.1 Å². The summed E-state index contributed by atoms with van der Waals surface area (Å²) >= 11 is 0. The molecule has 0 bridgehead atoms. The number of carboxylic acids is 1. The summed E-state index contributed by atoms with van der Waals surface area (Å²) in [5.41, 5.74) is 2.81. The molecule has 5 rings (SSSR count). The molecule has 34 heavy (non-hydrogen) atoms. The highest BCUT2D eigenvalue weighted by Gasteiger charge is 2.52. The number of piperidine rings is 1. The first-order valence-electron chi connectivity index (χ1n) is 13.4. The summed E-state index contributed by atoms with van der Waals surface area (Å²) in [6.07, 6.45) is 10.3. The third kappa shape index (κ3) is 5.72. The molecule has 1 aliphatic heterocycles. The molecular weight excluding hydrogens is 420 g/mol. The lowest BCUT2D eigenvalue weighted by atomic mass is 9.74. The number of aliphatic carboxylic acids is 1. The van der Waals surface area contributed by atoms with Crippen LogP contribution >= 0.6 is 0 Å². The number of hydrogen-bond donors (Lipinski definition) is 2. The van der Waals surface area contributed by atoms with Crippen molar-refractivity contribution in [3.8, 4) is 0 Å². The van der Waals surface area contributed by atoms with E-state index in [1.165, 1.54) is 49.7 Å². The molecule has 0 spiro atoms. The van der Waals surface area contributed by atoms with Crippen molar-refractivity contribution in [2.75, 3.05) is 26.2 Å². The van der Waals surface area contributed by atoms with Gasteiger partial charge < -0.3 is 15.3 Å². The van der Waals surface area contributed by atoms with Crippen molar-refractivity contribution < 1.29 is 9.90 Å². The maximum atomic E-state index is 11.7. The predicted molar refractivity (Wildman–Crippen MR) is 137 cm³/mol. The summed E-state index contributed by atoms with van der Waals surface area (Å²) < 4.78 is 0. The zero-order chi connectivity index (χ0) is 23.4. The van der Waals surface area contributed by atoms with E-state index in [0.717, 1.165) is 45.4 Å². The van der Waals surface area contributed by atoms with Gasteiger partial charge in [0.25, 0.3) is 0 Å². The van der Waals surface area contributed by atoms with Crippen LogP contribution in [0.5, 0.6) is 0 Å². The molecule has 2 atom stereocenters. The minimum Gasteiger partial charge on any atom is -0.481 e. The molecule has 1 saturated heterocycles. The van der Waals surface area contributed by atoms with Gasteiger partial charge in [-0.2, -0.15) is 0 Å². The third-order valence-corrected chi connectivity index (χ3v) is 8.77. The second-order valence-corrected chi connectivity index (χ2v) is 11.3. The van der Waals surface area contributed by atoms with Crippen molar-refractivity contribution in [2.24, 2.45) is 10.8 Å². The molecule has 2 aromatic rings. The molecule has 2 aromatic carbocycles. The lowest BCUT2D eigenvalue weighted by Crippen LogP contribution is -2.47. The SMILES string of the molecule is O=C(O)C1(CN2CCC(CCCCc3ccccc3)(CN[C@@H]3CC3c3ccccc3)CC2)CC1. The number of unbranched alkanes of at least 4 members (excludes halogenated alkanes) is 1. The van der Waals surface area contributed by atoms with Crippen LogP contribution in [0.4, 0.5) is 0 Å². The van der Waals surface area contributed by atoms with Crippen molar-refractivity contribution in [2.45, 2.75) is 69.7 Å². The van der Waals surface area contributed by atoms with Gasteiger partial charge in [-0.15, -0.1) is 0 Å². The highest BCUT2D eigenvalue weighted by atomic mass is 16.4. The minimum atomic E-state index is -0.590. The molecule has 0 amide bonds. The lowest BCUT2D eigenvalue weighted by Gasteiger charge is -2.43. The predicted octanol–water partition coefficient (Wildman–Crippen LogP) is 5.49. The summed E-state index contributed by atoms with van der Waals surface area (Å²) in [7, 11) is 0.